The Bertz CT molecular complexity index is 603. The average Bonchev–Trinajstić information content (AvgIpc) is 2.80. The molecular weight excluding hydrogens is 412 g/mol. The number of esters is 3. The number of hydrogen-bond donors (Lipinski definition) is 2. The summed E-state index contributed by atoms with van der Waals surface area (Å²) in [5, 5.41) is 19.9. The zero-order chi connectivity index (χ0) is 23.7. The first kappa shape index (κ1) is 28.5. The van der Waals surface area contributed by atoms with Gasteiger partial charge in [0.15, 0.2) is 0 Å². The molecule has 176 valence electrons. The van der Waals surface area contributed by atoms with Crippen molar-refractivity contribution in [2.24, 2.45) is 11.3 Å². The molecule has 0 aromatic carbocycles. The summed E-state index contributed by atoms with van der Waals surface area (Å²) in [5.41, 5.74) is -1.28. The van der Waals surface area contributed by atoms with Crippen molar-refractivity contribution in [3.05, 3.63) is 38.0 Å². The van der Waals surface area contributed by atoms with Gasteiger partial charge in [-0.2, -0.15) is 0 Å². The van der Waals surface area contributed by atoms with Gasteiger partial charge in [0.25, 0.3) is 0 Å². The maximum Gasteiger partial charge on any atom is 0.330 e. The second-order valence-corrected chi connectivity index (χ2v) is 6.46. The van der Waals surface area contributed by atoms with Gasteiger partial charge in [0.2, 0.25) is 0 Å². The van der Waals surface area contributed by atoms with Crippen molar-refractivity contribution < 1.29 is 48.3 Å². The summed E-state index contributed by atoms with van der Waals surface area (Å²) in [4.78, 5) is 34.1. The number of aliphatic hydroxyl groups excluding tert-OH is 2. The Labute approximate surface area is 182 Å². The Morgan fingerprint density at radius 2 is 1.42 bits per heavy atom. The third kappa shape index (κ3) is 10.4. The molecule has 10 nitrogen and oxygen atoms in total. The standard InChI is InChI=1S/C21H32O10/c1-5-18(24)29-11-9-27-8-10-28-17(13-30-19(25)6-2)21(14-23,16(4)12-22)15-31-20(26)7-3/h5-7,16-17,22-23H,1-3,8-15H2,4H3. The number of hydrogen-bond acceptors (Lipinski definition) is 10. The molecule has 3 atom stereocenters. The molecule has 2 N–H and O–H groups in total. The molecule has 0 aliphatic heterocycles. The fraction of sp³-hybridized carbons (Fsp3) is 0.571. The summed E-state index contributed by atoms with van der Waals surface area (Å²) in [6.45, 7) is 10.3. The Hall–Kier alpha value is -2.53. The van der Waals surface area contributed by atoms with Gasteiger partial charge >= 0.3 is 17.9 Å². The molecule has 0 amide bonds. The van der Waals surface area contributed by atoms with Crippen LogP contribution in [0.4, 0.5) is 0 Å². The van der Waals surface area contributed by atoms with Gasteiger partial charge in [-0.15, -0.1) is 0 Å². The monoisotopic (exact) mass is 444 g/mol. The van der Waals surface area contributed by atoms with E-state index < -0.39 is 42.0 Å². The lowest BCUT2D eigenvalue weighted by atomic mass is 9.73. The van der Waals surface area contributed by atoms with Gasteiger partial charge in [-0.05, 0) is 5.92 Å². The first-order valence-corrected chi connectivity index (χ1v) is 9.59. The van der Waals surface area contributed by atoms with Crippen LogP contribution in [0.25, 0.3) is 0 Å². The van der Waals surface area contributed by atoms with E-state index >= 15 is 0 Å². The summed E-state index contributed by atoms with van der Waals surface area (Å²) >= 11 is 0. The van der Waals surface area contributed by atoms with Crippen molar-refractivity contribution in [2.45, 2.75) is 13.0 Å². The highest BCUT2D eigenvalue weighted by molar-refractivity contribution is 5.81. The number of carbonyl (C=O) groups excluding carboxylic acids is 3. The van der Waals surface area contributed by atoms with Gasteiger partial charge in [-0.3, -0.25) is 0 Å². The van der Waals surface area contributed by atoms with E-state index in [1.165, 1.54) is 0 Å². The van der Waals surface area contributed by atoms with E-state index in [0.29, 0.717) is 0 Å². The van der Waals surface area contributed by atoms with E-state index in [9.17, 15) is 24.6 Å². The van der Waals surface area contributed by atoms with Crippen LogP contribution in [0.2, 0.25) is 0 Å². The summed E-state index contributed by atoms with van der Waals surface area (Å²) in [7, 11) is 0. The predicted molar refractivity (Wildman–Crippen MR) is 110 cm³/mol. The Balaban J connectivity index is 5.17. The average molecular weight is 444 g/mol. The summed E-state index contributed by atoms with van der Waals surface area (Å²) in [5.74, 6) is -2.59. The first-order valence-electron chi connectivity index (χ1n) is 9.59. The molecule has 0 aliphatic carbocycles. The van der Waals surface area contributed by atoms with Crippen LogP contribution >= 0.6 is 0 Å². The fourth-order valence-electron chi connectivity index (χ4n) is 2.51. The lowest BCUT2D eigenvalue weighted by Gasteiger charge is -2.42. The predicted octanol–water partition coefficient (Wildman–Crippen LogP) is 0.183. The van der Waals surface area contributed by atoms with Crippen LogP contribution in [-0.2, 0) is 38.1 Å². The minimum absolute atomic E-state index is 0.0149. The SMILES string of the molecule is C=CC(=O)OCCOCCOC(COC(=O)C=C)C(CO)(COC(=O)C=C)C(C)CO. The minimum Gasteiger partial charge on any atom is -0.462 e. The lowest BCUT2D eigenvalue weighted by Crippen LogP contribution is -2.52. The van der Waals surface area contributed by atoms with Gasteiger partial charge in [0.1, 0.15) is 25.9 Å². The fourth-order valence-corrected chi connectivity index (χ4v) is 2.51. The van der Waals surface area contributed by atoms with Crippen LogP contribution < -0.4 is 0 Å². The van der Waals surface area contributed by atoms with Crippen LogP contribution in [0.5, 0.6) is 0 Å². The number of ether oxygens (including phenoxy) is 5. The molecule has 0 aliphatic rings. The molecule has 0 radical (unpaired) electrons. The van der Waals surface area contributed by atoms with Crippen molar-refractivity contribution in [2.75, 3.05) is 52.9 Å². The van der Waals surface area contributed by atoms with Gasteiger partial charge in [0, 0.05) is 24.8 Å². The Morgan fingerprint density at radius 1 is 0.871 bits per heavy atom. The third-order valence-electron chi connectivity index (χ3n) is 4.57. The second-order valence-electron chi connectivity index (χ2n) is 6.46. The van der Waals surface area contributed by atoms with E-state index in [0.717, 1.165) is 18.2 Å². The molecule has 0 spiro atoms. The lowest BCUT2D eigenvalue weighted by molar-refractivity contribution is -0.176. The van der Waals surface area contributed by atoms with E-state index in [1.54, 1.807) is 6.92 Å². The molecule has 0 heterocycles. The summed E-state index contributed by atoms with van der Waals surface area (Å²) in [6.07, 6.45) is 2.02. The van der Waals surface area contributed by atoms with Gasteiger partial charge in [-0.25, -0.2) is 14.4 Å². The molecule has 31 heavy (non-hydrogen) atoms. The highest BCUT2D eigenvalue weighted by atomic mass is 16.6. The zero-order valence-corrected chi connectivity index (χ0v) is 17.8. The Morgan fingerprint density at radius 3 is 1.97 bits per heavy atom. The molecule has 0 rings (SSSR count). The van der Waals surface area contributed by atoms with Crippen LogP contribution in [0.1, 0.15) is 6.92 Å². The Kier molecular flexibility index (Phi) is 14.9. The molecule has 10 heteroatoms. The summed E-state index contributed by atoms with van der Waals surface area (Å²) in [6, 6.07) is 0. The van der Waals surface area contributed by atoms with Crippen LogP contribution in [0, 0.1) is 11.3 Å². The number of carbonyl (C=O) groups is 3. The molecule has 0 fully saturated rings. The van der Waals surface area contributed by atoms with Crippen LogP contribution in [0.3, 0.4) is 0 Å². The molecule has 3 unspecified atom stereocenters. The van der Waals surface area contributed by atoms with Crippen molar-refractivity contribution in [1.82, 2.24) is 0 Å². The van der Waals surface area contributed by atoms with Crippen LogP contribution in [0.15, 0.2) is 38.0 Å². The molecular formula is C21H32O10. The van der Waals surface area contributed by atoms with Crippen molar-refractivity contribution in [3.63, 3.8) is 0 Å². The quantitative estimate of drug-likeness (QED) is 0.130. The van der Waals surface area contributed by atoms with Crippen molar-refractivity contribution >= 4 is 17.9 Å². The maximum atomic E-state index is 11.6. The number of rotatable bonds is 18. The van der Waals surface area contributed by atoms with E-state index in [-0.39, 0.29) is 46.2 Å². The molecule has 0 saturated carbocycles. The largest absolute Gasteiger partial charge is 0.462 e. The van der Waals surface area contributed by atoms with Gasteiger partial charge < -0.3 is 33.9 Å². The van der Waals surface area contributed by atoms with Crippen LogP contribution in [-0.4, -0.2) is 87.1 Å². The number of aliphatic hydroxyl groups is 2. The first-order chi connectivity index (χ1) is 14.8. The maximum absolute atomic E-state index is 11.6. The minimum atomic E-state index is -1.28. The topological polar surface area (TPSA) is 138 Å². The molecule has 0 bridgehead atoms. The second kappa shape index (κ2) is 16.2. The van der Waals surface area contributed by atoms with E-state index in [4.69, 9.17) is 23.7 Å². The normalized spacial score (nSPS) is 14.4. The molecule has 0 aromatic heterocycles. The van der Waals surface area contributed by atoms with E-state index in [2.05, 4.69) is 19.7 Å². The smallest absolute Gasteiger partial charge is 0.330 e. The molecule has 0 aromatic rings. The third-order valence-corrected chi connectivity index (χ3v) is 4.57. The summed E-state index contributed by atoms with van der Waals surface area (Å²) < 4.78 is 26.1. The highest BCUT2D eigenvalue weighted by Gasteiger charge is 2.46. The van der Waals surface area contributed by atoms with E-state index in [1.807, 2.05) is 0 Å². The van der Waals surface area contributed by atoms with Gasteiger partial charge in [-0.1, -0.05) is 26.7 Å². The van der Waals surface area contributed by atoms with Gasteiger partial charge in [0.05, 0.1) is 31.8 Å². The highest BCUT2D eigenvalue weighted by Crippen LogP contribution is 2.34. The zero-order valence-electron chi connectivity index (χ0n) is 17.8. The molecule has 0 saturated heterocycles. The van der Waals surface area contributed by atoms with Crippen molar-refractivity contribution in [3.8, 4) is 0 Å². The van der Waals surface area contributed by atoms with Crippen molar-refractivity contribution in [1.29, 1.82) is 0 Å².